The van der Waals surface area contributed by atoms with Gasteiger partial charge in [0.2, 0.25) is 5.91 Å². The van der Waals surface area contributed by atoms with Crippen molar-refractivity contribution in [1.82, 2.24) is 25.1 Å². The fraction of sp³-hybridized carbons (Fsp3) is 0.278. The highest BCUT2D eigenvalue weighted by atomic mass is 19.1. The monoisotopic (exact) mass is 385 g/mol. The number of H-pyrrole nitrogens is 1. The zero-order valence-corrected chi connectivity index (χ0v) is 15.4. The van der Waals surface area contributed by atoms with Crippen molar-refractivity contribution in [3.8, 4) is 22.6 Å². The lowest BCUT2D eigenvalue weighted by Crippen LogP contribution is -2.42. The molecule has 0 saturated carbocycles. The fourth-order valence-electron chi connectivity index (χ4n) is 3.09. The number of hydrogen-bond donors (Lipinski definition) is 2. The van der Waals surface area contributed by atoms with E-state index < -0.39 is 5.82 Å². The zero-order chi connectivity index (χ0) is 19.7. The Morgan fingerprint density at radius 3 is 2.89 bits per heavy atom. The second kappa shape index (κ2) is 7.31. The quantitative estimate of drug-likeness (QED) is 0.692. The van der Waals surface area contributed by atoms with E-state index in [-0.39, 0.29) is 13.9 Å². The molecule has 0 radical (unpaired) electrons. The minimum Gasteiger partial charge on any atom is -0.383 e. The van der Waals surface area contributed by atoms with Crippen LogP contribution in [0.1, 0.15) is 6.99 Å². The van der Waals surface area contributed by atoms with Gasteiger partial charge in [0.15, 0.2) is 17.5 Å². The number of nitrogens with zero attached hydrogens (tertiary/aromatic N) is 5. The summed E-state index contributed by atoms with van der Waals surface area (Å²) in [6.07, 6.45) is 2.89. The first kappa shape index (κ1) is 18.0. The second-order valence-corrected chi connectivity index (χ2v) is 6.25. The third-order valence-electron chi connectivity index (χ3n) is 4.57. The number of ether oxygens (including phenoxy) is 1. The molecule has 1 amide bonds. The lowest BCUT2D eigenvalue weighted by atomic mass is 10.0. The molecule has 2 N–H and O–H groups in total. The third kappa shape index (κ3) is 3.07. The van der Waals surface area contributed by atoms with Gasteiger partial charge in [-0.25, -0.2) is 19.3 Å². The van der Waals surface area contributed by atoms with Crippen LogP contribution in [0.4, 0.5) is 16.0 Å². The molecule has 0 atom stereocenters. The predicted molar refractivity (Wildman–Crippen MR) is 102 cm³/mol. The summed E-state index contributed by atoms with van der Waals surface area (Å²) in [7, 11) is 1.57. The van der Waals surface area contributed by atoms with E-state index in [9.17, 15) is 9.18 Å². The molecule has 0 bridgehead atoms. The maximum absolute atomic E-state index is 14.9. The first-order valence-electron chi connectivity index (χ1n) is 8.65. The maximum Gasteiger partial charge on any atom is 0.247 e. The molecule has 0 aliphatic carbocycles. The van der Waals surface area contributed by atoms with E-state index in [1.54, 1.807) is 32.4 Å². The Labute approximate surface area is 161 Å². The van der Waals surface area contributed by atoms with Crippen LogP contribution in [0.5, 0.6) is 0 Å². The molecule has 1 aliphatic rings. The van der Waals surface area contributed by atoms with Gasteiger partial charge in [-0.2, -0.15) is 5.10 Å². The number of amides is 1. The normalized spacial score (nSPS) is 13.4. The second-order valence-electron chi connectivity index (χ2n) is 6.25. The molecule has 3 aromatic rings. The van der Waals surface area contributed by atoms with Gasteiger partial charge in [0.05, 0.1) is 37.2 Å². The highest BCUT2D eigenvalue weighted by Gasteiger charge is 2.27. The van der Waals surface area contributed by atoms with Gasteiger partial charge in [0.1, 0.15) is 12.1 Å². The molecule has 4 rings (SSSR count). The Morgan fingerprint density at radius 1 is 1.32 bits per heavy atom. The highest BCUT2D eigenvalue weighted by molar-refractivity contribution is 6.00. The van der Waals surface area contributed by atoms with Crippen LogP contribution in [0.3, 0.4) is 0 Å². The average molecular weight is 385 g/mol. The van der Waals surface area contributed by atoms with Crippen molar-refractivity contribution in [2.75, 3.05) is 37.0 Å². The van der Waals surface area contributed by atoms with E-state index in [0.717, 1.165) is 0 Å². The highest BCUT2D eigenvalue weighted by Crippen LogP contribution is 2.32. The van der Waals surface area contributed by atoms with Gasteiger partial charge >= 0.3 is 0 Å². The topological polar surface area (TPSA) is 109 Å². The predicted octanol–water partition coefficient (Wildman–Crippen LogP) is 2.03. The number of aromatic nitrogens is 5. The molecule has 2 aromatic heterocycles. The fourth-order valence-corrected chi connectivity index (χ4v) is 3.09. The zero-order valence-electron chi connectivity index (χ0n) is 15.4. The van der Waals surface area contributed by atoms with E-state index in [4.69, 9.17) is 4.74 Å². The third-order valence-corrected chi connectivity index (χ3v) is 4.57. The molecule has 0 unspecified atom stereocenters. The smallest absolute Gasteiger partial charge is 0.247 e. The number of methoxy groups -OCH3 is 1. The number of nitrogens with one attached hydrogen (secondary N) is 2. The summed E-state index contributed by atoms with van der Waals surface area (Å²) >= 11 is 0. The van der Waals surface area contributed by atoms with Gasteiger partial charge in [0.25, 0.3) is 0 Å². The Morgan fingerprint density at radius 2 is 2.14 bits per heavy atom. The number of anilines is 2. The standard InChI is InChI=1S/C18H18FN7O2.H2/c1-10-11(3-4-12(15(10)19)16-22-9-23-25-16)13-7-20-17-18(24-13)26(5-6-28-2)14(27)8-21-17;/h3-4,7,9H,5-6,8H2,1-2H3,(H,20,21)(H,22,23,25);1H. The summed E-state index contributed by atoms with van der Waals surface area (Å²) in [6.45, 7) is 2.54. The molecule has 3 heterocycles. The van der Waals surface area contributed by atoms with Crippen LogP contribution in [0.25, 0.3) is 22.6 Å². The molecular formula is C18H20FN7O2. The molecule has 1 aromatic carbocycles. The summed E-state index contributed by atoms with van der Waals surface area (Å²) < 4.78 is 20.0. The van der Waals surface area contributed by atoms with Crippen molar-refractivity contribution in [3.63, 3.8) is 0 Å². The molecule has 10 heteroatoms. The van der Waals surface area contributed by atoms with E-state index in [2.05, 4.69) is 30.5 Å². The summed E-state index contributed by atoms with van der Waals surface area (Å²) in [5, 5.41) is 9.37. The SMILES string of the molecule is COCCN1C(=O)CNc2ncc(-c3ccc(-c4ncn[nH]4)c(F)c3C)nc21.[HH]. The Balaban J connectivity index is 0.00000240. The van der Waals surface area contributed by atoms with Gasteiger partial charge in [0, 0.05) is 14.1 Å². The van der Waals surface area contributed by atoms with E-state index in [1.165, 1.54) is 11.2 Å². The number of carbonyl (C=O) groups excluding carboxylic acids is 1. The Hall–Kier alpha value is -3.40. The van der Waals surface area contributed by atoms with Crippen molar-refractivity contribution in [2.24, 2.45) is 0 Å². The number of aromatic amines is 1. The molecule has 28 heavy (non-hydrogen) atoms. The van der Waals surface area contributed by atoms with Crippen molar-refractivity contribution >= 4 is 17.5 Å². The van der Waals surface area contributed by atoms with Crippen LogP contribution in [-0.2, 0) is 9.53 Å². The number of benzene rings is 1. The summed E-state index contributed by atoms with van der Waals surface area (Å²) in [5.74, 6) is 0.726. The molecule has 9 nitrogen and oxygen atoms in total. The van der Waals surface area contributed by atoms with Crippen molar-refractivity contribution in [2.45, 2.75) is 6.92 Å². The van der Waals surface area contributed by atoms with E-state index >= 15 is 0 Å². The maximum atomic E-state index is 14.9. The summed E-state index contributed by atoms with van der Waals surface area (Å²) in [6, 6.07) is 3.37. The van der Waals surface area contributed by atoms with Crippen LogP contribution in [-0.4, -0.2) is 57.9 Å². The van der Waals surface area contributed by atoms with E-state index in [0.29, 0.717) is 53.0 Å². The molecule has 1 aliphatic heterocycles. The molecule has 0 fully saturated rings. The molecular weight excluding hydrogens is 365 g/mol. The summed E-state index contributed by atoms with van der Waals surface area (Å²) in [4.78, 5) is 26.8. The van der Waals surface area contributed by atoms with Crippen LogP contribution in [0.15, 0.2) is 24.7 Å². The minimum atomic E-state index is -0.417. The van der Waals surface area contributed by atoms with Crippen LogP contribution in [0, 0.1) is 12.7 Å². The van der Waals surface area contributed by atoms with Crippen molar-refractivity contribution < 1.29 is 15.3 Å². The van der Waals surface area contributed by atoms with Gasteiger partial charge in [-0.1, -0.05) is 6.07 Å². The first-order valence-corrected chi connectivity index (χ1v) is 8.65. The lowest BCUT2D eigenvalue weighted by Gasteiger charge is -2.28. The van der Waals surface area contributed by atoms with Crippen LogP contribution >= 0.6 is 0 Å². The number of halogens is 1. The first-order chi connectivity index (χ1) is 13.6. The molecule has 146 valence electrons. The average Bonchev–Trinajstić information content (AvgIpc) is 3.23. The number of rotatable bonds is 5. The van der Waals surface area contributed by atoms with E-state index in [1.807, 2.05) is 0 Å². The van der Waals surface area contributed by atoms with Crippen molar-refractivity contribution in [3.05, 3.63) is 36.0 Å². The summed E-state index contributed by atoms with van der Waals surface area (Å²) in [5.41, 5.74) is 1.78. The van der Waals surface area contributed by atoms with Crippen molar-refractivity contribution in [1.29, 1.82) is 0 Å². The number of fused-ring (bicyclic) bond motifs is 1. The van der Waals surface area contributed by atoms with Crippen LogP contribution < -0.4 is 10.2 Å². The largest absolute Gasteiger partial charge is 0.383 e. The van der Waals surface area contributed by atoms with Gasteiger partial charge in [-0.3, -0.25) is 14.8 Å². The Kier molecular flexibility index (Phi) is 4.70. The van der Waals surface area contributed by atoms with Gasteiger partial charge < -0.3 is 10.1 Å². The lowest BCUT2D eigenvalue weighted by molar-refractivity contribution is -0.117. The number of carbonyl (C=O) groups is 1. The van der Waals surface area contributed by atoms with Gasteiger partial charge in [-0.05, 0) is 18.6 Å². The van der Waals surface area contributed by atoms with Gasteiger partial charge in [-0.15, -0.1) is 0 Å². The minimum absolute atomic E-state index is 0. The molecule has 0 spiro atoms. The molecule has 0 saturated heterocycles. The van der Waals surface area contributed by atoms with Crippen LogP contribution in [0.2, 0.25) is 0 Å². The Bertz CT molecular complexity index is 1030. The number of hydrogen-bond acceptors (Lipinski definition) is 7.